The third kappa shape index (κ3) is 1.59. The lowest BCUT2D eigenvalue weighted by Crippen LogP contribution is -2.29. The highest BCUT2D eigenvalue weighted by Crippen LogP contribution is 2.16. The molecule has 0 saturated heterocycles. The van der Waals surface area contributed by atoms with E-state index in [1.807, 2.05) is 0 Å². The van der Waals surface area contributed by atoms with E-state index in [-0.39, 0.29) is 15.6 Å². The Kier molecular flexibility index (Phi) is 2.47. The molecule has 1 rings (SSSR count). The number of nitro groups is 1. The molecule has 0 spiro atoms. The predicted octanol–water partition coefficient (Wildman–Crippen LogP) is -0.0549. The molecule has 0 amide bonds. The highest BCUT2D eigenvalue weighted by atomic mass is 35.5. The van der Waals surface area contributed by atoms with E-state index in [1.54, 1.807) is 0 Å². The van der Waals surface area contributed by atoms with Gasteiger partial charge in [-0.1, -0.05) is 11.6 Å². The van der Waals surface area contributed by atoms with Crippen LogP contribution in [0.25, 0.3) is 0 Å². The number of aromatic nitrogens is 2. The zero-order valence-corrected chi connectivity index (χ0v) is 7.19. The number of halogens is 1. The van der Waals surface area contributed by atoms with Crippen LogP contribution in [-0.4, -0.2) is 22.0 Å². The first-order chi connectivity index (χ1) is 6.07. The van der Waals surface area contributed by atoms with Crippen molar-refractivity contribution in [2.24, 2.45) is 0 Å². The molecule has 0 fully saturated rings. The summed E-state index contributed by atoms with van der Waals surface area (Å²) in [5.41, 5.74) is -1.02. The molecule has 0 unspecified atom stereocenters. The summed E-state index contributed by atoms with van der Waals surface area (Å²) in [4.78, 5) is 21.2. The molecule has 0 aromatic carbocycles. The molecule has 0 atom stereocenters. The van der Waals surface area contributed by atoms with E-state index in [2.05, 4.69) is 9.84 Å². The molecule has 8 heteroatoms. The second-order valence-electron chi connectivity index (χ2n) is 1.96. The van der Waals surface area contributed by atoms with E-state index in [4.69, 9.17) is 11.6 Å². The van der Waals surface area contributed by atoms with Crippen LogP contribution in [0.4, 0.5) is 0 Å². The molecule has 1 aromatic heterocycles. The number of nitrogens with zero attached hydrogens (tertiary/aromatic N) is 3. The Bertz CT molecular complexity index is 401. The molecule has 7 nitrogen and oxygen atoms in total. The second kappa shape index (κ2) is 3.40. The van der Waals surface area contributed by atoms with Gasteiger partial charge in [0.1, 0.15) is 0 Å². The first kappa shape index (κ1) is 9.46. The maximum atomic E-state index is 11.0. The Balaban J connectivity index is 3.40. The number of ether oxygens (including phenoxy) is 1. The Morgan fingerprint density at radius 1 is 1.77 bits per heavy atom. The molecule has 70 valence electrons. The van der Waals surface area contributed by atoms with Crippen LogP contribution in [-0.2, 0) is 0 Å². The molecule has 0 aliphatic heterocycles. The summed E-state index contributed by atoms with van der Waals surface area (Å²) in [5, 5.41) is 12.0. The lowest BCUT2D eigenvalue weighted by Gasteiger charge is -1.98. The fraction of sp³-hybridized carbons (Fsp3) is 0.200. The zero-order valence-electron chi connectivity index (χ0n) is 6.43. The van der Waals surface area contributed by atoms with Gasteiger partial charge >= 0.3 is 5.56 Å². The molecule has 0 aliphatic rings. The van der Waals surface area contributed by atoms with Gasteiger partial charge in [-0.05, 0) is 0 Å². The number of rotatable bonds is 2. The first-order valence-corrected chi connectivity index (χ1v) is 3.42. The van der Waals surface area contributed by atoms with Crippen molar-refractivity contribution in [3.8, 4) is 5.75 Å². The highest BCUT2D eigenvalue weighted by molar-refractivity contribution is 6.31. The fourth-order valence-corrected chi connectivity index (χ4v) is 0.870. The molecule has 0 bridgehead atoms. The minimum atomic E-state index is -1.02. The second-order valence-corrected chi connectivity index (χ2v) is 2.34. The molecular formula is C5H4ClN3O4. The van der Waals surface area contributed by atoms with Crippen molar-refractivity contribution in [3.63, 3.8) is 0 Å². The van der Waals surface area contributed by atoms with Gasteiger partial charge in [0.25, 0.3) is 0 Å². The molecular weight excluding hydrogens is 202 g/mol. The smallest absolute Gasteiger partial charge is 0.356 e. The van der Waals surface area contributed by atoms with Crippen molar-refractivity contribution in [3.05, 3.63) is 31.7 Å². The molecule has 0 saturated carbocycles. The monoisotopic (exact) mass is 205 g/mol. The normalized spacial score (nSPS) is 9.69. The Morgan fingerprint density at radius 3 is 2.85 bits per heavy atom. The maximum absolute atomic E-state index is 11.0. The SMILES string of the molecule is COc1cnn([N+](=O)[O-])c(=O)c1Cl. The molecule has 1 heterocycles. The highest BCUT2D eigenvalue weighted by Gasteiger charge is 2.16. The molecule has 0 radical (unpaired) electrons. The van der Waals surface area contributed by atoms with Crippen molar-refractivity contribution in [2.75, 3.05) is 7.11 Å². The van der Waals surface area contributed by atoms with E-state index in [0.717, 1.165) is 6.20 Å². The van der Waals surface area contributed by atoms with Gasteiger partial charge in [-0.25, -0.2) is 0 Å². The Morgan fingerprint density at radius 2 is 2.38 bits per heavy atom. The van der Waals surface area contributed by atoms with Crippen molar-refractivity contribution in [1.29, 1.82) is 0 Å². The van der Waals surface area contributed by atoms with E-state index < -0.39 is 10.6 Å². The van der Waals surface area contributed by atoms with E-state index >= 15 is 0 Å². The lowest BCUT2D eigenvalue weighted by atomic mass is 10.5. The standard InChI is InChI=1S/C5H4ClN3O4/c1-13-3-2-7-8(9(11)12)5(10)4(3)6/h2H,1H3. The molecule has 13 heavy (non-hydrogen) atoms. The van der Waals surface area contributed by atoms with Crippen LogP contribution in [0.1, 0.15) is 0 Å². The molecule has 0 aliphatic carbocycles. The quantitative estimate of drug-likeness (QED) is 0.499. The third-order valence-corrected chi connectivity index (χ3v) is 1.59. The van der Waals surface area contributed by atoms with Crippen LogP contribution in [0.3, 0.4) is 0 Å². The van der Waals surface area contributed by atoms with Crippen LogP contribution in [0.15, 0.2) is 11.0 Å². The number of methoxy groups -OCH3 is 1. The van der Waals surface area contributed by atoms with Crippen molar-refractivity contribution < 1.29 is 9.77 Å². The number of hydrogen-bond acceptors (Lipinski definition) is 5. The minimum absolute atomic E-state index is 0.00441. The number of hydrogen-bond donors (Lipinski definition) is 0. The van der Waals surface area contributed by atoms with Crippen LogP contribution in [0.5, 0.6) is 5.75 Å². The van der Waals surface area contributed by atoms with E-state index in [0.29, 0.717) is 0 Å². The van der Waals surface area contributed by atoms with Crippen LogP contribution < -0.4 is 10.3 Å². The van der Waals surface area contributed by atoms with Crippen molar-refractivity contribution in [2.45, 2.75) is 0 Å². The molecule has 1 aromatic rings. The van der Waals surface area contributed by atoms with E-state index in [9.17, 15) is 14.9 Å². The summed E-state index contributed by atoms with van der Waals surface area (Å²) in [6.07, 6.45) is 0.993. The Labute approximate surface area is 76.6 Å². The summed E-state index contributed by atoms with van der Waals surface area (Å²) in [6.45, 7) is 0. The van der Waals surface area contributed by atoms with Crippen molar-refractivity contribution in [1.82, 2.24) is 9.89 Å². The first-order valence-electron chi connectivity index (χ1n) is 3.04. The van der Waals surface area contributed by atoms with Gasteiger partial charge in [0.2, 0.25) is 6.20 Å². The summed E-state index contributed by atoms with van der Waals surface area (Å²) in [7, 11) is 1.28. The van der Waals surface area contributed by atoms with Gasteiger partial charge in [0.15, 0.2) is 10.8 Å². The minimum Gasteiger partial charge on any atom is -0.491 e. The third-order valence-electron chi connectivity index (χ3n) is 1.24. The van der Waals surface area contributed by atoms with Gasteiger partial charge in [-0.15, -0.1) is 0 Å². The van der Waals surface area contributed by atoms with Gasteiger partial charge in [-0.2, -0.15) is 0 Å². The van der Waals surface area contributed by atoms with Crippen LogP contribution in [0, 0.1) is 10.1 Å². The molecule has 0 N–H and O–H groups in total. The average molecular weight is 206 g/mol. The summed E-state index contributed by atoms with van der Waals surface area (Å²) in [5.74, 6) is 0.00441. The fourth-order valence-electron chi connectivity index (χ4n) is 0.668. The summed E-state index contributed by atoms with van der Waals surface area (Å²) >= 11 is 5.44. The largest absolute Gasteiger partial charge is 0.491 e. The predicted molar refractivity (Wildman–Crippen MR) is 42.5 cm³/mol. The van der Waals surface area contributed by atoms with E-state index in [1.165, 1.54) is 7.11 Å². The van der Waals surface area contributed by atoms with Crippen molar-refractivity contribution >= 4 is 11.6 Å². The maximum Gasteiger partial charge on any atom is 0.356 e. The summed E-state index contributed by atoms with van der Waals surface area (Å²) < 4.78 is 4.63. The summed E-state index contributed by atoms with van der Waals surface area (Å²) in [6, 6.07) is 0. The van der Waals surface area contributed by atoms with Crippen LogP contribution >= 0.6 is 11.6 Å². The van der Waals surface area contributed by atoms with Gasteiger partial charge < -0.3 is 14.9 Å². The topological polar surface area (TPSA) is 87.3 Å². The lowest BCUT2D eigenvalue weighted by molar-refractivity contribution is -0.556. The van der Waals surface area contributed by atoms with Gasteiger partial charge in [-0.3, -0.25) is 4.79 Å². The zero-order chi connectivity index (χ0) is 10.0. The average Bonchev–Trinajstić information content (AvgIpc) is 2.09. The van der Waals surface area contributed by atoms with Gasteiger partial charge in [0.05, 0.1) is 22.0 Å². The van der Waals surface area contributed by atoms with Crippen LogP contribution in [0.2, 0.25) is 5.02 Å². The van der Waals surface area contributed by atoms with Gasteiger partial charge in [0, 0.05) is 0 Å². The Hall–Kier alpha value is -1.63.